The monoisotopic (exact) mass is 236 g/mol. The number of aliphatic hydroxyl groups is 1. The fourth-order valence-corrected chi connectivity index (χ4v) is 2.60. The molecule has 0 bridgehead atoms. The maximum Gasteiger partial charge on any atom is 0.169 e. The normalized spacial score (nSPS) is 13.2. The summed E-state index contributed by atoms with van der Waals surface area (Å²) in [4.78, 5) is 4.57. The molecular weight excluding hydrogens is 220 g/mol. The van der Waals surface area contributed by atoms with E-state index in [2.05, 4.69) is 22.5 Å². The van der Waals surface area contributed by atoms with E-state index in [4.69, 9.17) is 0 Å². The summed E-state index contributed by atoms with van der Waals surface area (Å²) >= 11 is 1.61. The van der Waals surface area contributed by atoms with Gasteiger partial charge in [-0.05, 0) is 26.0 Å². The Morgan fingerprint density at radius 2 is 2.19 bits per heavy atom. The molecule has 86 valence electrons. The first kappa shape index (κ1) is 11.5. The average Bonchev–Trinajstić information content (AvgIpc) is 2.63. The van der Waals surface area contributed by atoms with E-state index in [0.717, 1.165) is 22.7 Å². The number of aryl methyl sites for hydroxylation is 1. The molecule has 0 fully saturated rings. The van der Waals surface area contributed by atoms with E-state index in [-0.39, 0.29) is 6.10 Å². The Morgan fingerprint density at radius 1 is 1.44 bits per heavy atom. The van der Waals surface area contributed by atoms with Gasteiger partial charge in [0.15, 0.2) is 5.16 Å². The Balaban J connectivity index is 2.36. The summed E-state index contributed by atoms with van der Waals surface area (Å²) in [6.45, 7) is 4.81. The highest BCUT2D eigenvalue weighted by molar-refractivity contribution is 7.99. The standard InChI is InChI=1S/C12H16N2OS/c1-3-14-11-7-5-4-6-10(11)13-12(14)16-8-9(2)15/h4-7,9,15H,3,8H2,1-2H3/t9-/m0/s1. The number of thioether (sulfide) groups is 1. The summed E-state index contributed by atoms with van der Waals surface area (Å²) in [5.74, 6) is 0.684. The van der Waals surface area contributed by atoms with E-state index < -0.39 is 0 Å². The number of hydrogen-bond acceptors (Lipinski definition) is 3. The van der Waals surface area contributed by atoms with Crippen molar-refractivity contribution in [2.45, 2.75) is 31.7 Å². The second-order valence-electron chi connectivity index (χ2n) is 3.79. The van der Waals surface area contributed by atoms with Crippen LogP contribution in [-0.4, -0.2) is 26.5 Å². The summed E-state index contributed by atoms with van der Waals surface area (Å²) in [5.41, 5.74) is 2.19. The van der Waals surface area contributed by atoms with Gasteiger partial charge in [0.2, 0.25) is 0 Å². The minimum Gasteiger partial charge on any atom is -0.393 e. The maximum absolute atomic E-state index is 9.29. The summed E-state index contributed by atoms with van der Waals surface area (Å²) < 4.78 is 2.18. The van der Waals surface area contributed by atoms with Crippen molar-refractivity contribution in [3.8, 4) is 0 Å². The van der Waals surface area contributed by atoms with Crippen LogP contribution in [0.15, 0.2) is 29.4 Å². The summed E-state index contributed by atoms with van der Waals surface area (Å²) in [6.07, 6.45) is -0.296. The molecule has 1 aromatic heterocycles. The van der Waals surface area contributed by atoms with Crippen molar-refractivity contribution in [3.63, 3.8) is 0 Å². The first-order valence-corrected chi connectivity index (χ1v) is 6.47. The Kier molecular flexibility index (Phi) is 3.51. The number of benzene rings is 1. The van der Waals surface area contributed by atoms with Crippen molar-refractivity contribution in [2.75, 3.05) is 5.75 Å². The molecule has 16 heavy (non-hydrogen) atoms. The largest absolute Gasteiger partial charge is 0.393 e. The van der Waals surface area contributed by atoms with Gasteiger partial charge in [-0.2, -0.15) is 0 Å². The lowest BCUT2D eigenvalue weighted by molar-refractivity contribution is 0.220. The number of aliphatic hydroxyl groups excluding tert-OH is 1. The van der Waals surface area contributed by atoms with E-state index in [1.807, 2.05) is 18.2 Å². The van der Waals surface area contributed by atoms with Crippen LogP contribution < -0.4 is 0 Å². The molecule has 0 amide bonds. The fraction of sp³-hybridized carbons (Fsp3) is 0.417. The van der Waals surface area contributed by atoms with Gasteiger partial charge in [0.25, 0.3) is 0 Å². The molecule has 2 aromatic rings. The van der Waals surface area contributed by atoms with Crippen molar-refractivity contribution >= 4 is 22.8 Å². The predicted octanol–water partition coefficient (Wildman–Crippen LogP) is 2.53. The summed E-state index contributed by atoms with van der Waals surface area (Å²) in [6, 6.07) is 8.13. The Labute approximate surface area is 99.5 Å². The summed E-state index contributed by atoms with van der Waals surface area (Å²) in [7, 11) is 0. The predicted molar refractivity (Wildman–Crippen MR) is 67.8 cm³/mol. The zero-order chi connectivity index (χ0) is 11.5. The second-order valence-corrected chi connectivity index (χ2v) is 4.77. The van der Waals surface area contributed by atoms with Crippen molar-refractivity contribution in [1.82, 2.24) is 9.55 Å². The third-order valence-electron chi connectivity index (χ3n) is 2.39. The molecule has 0 aliphatic rings. The van der Waals surface area contributed by atoms with Crippen LogP contribution in [-0.2, 0) is 6.54 Å². The number of imidazole rings is 1. The van der Waals surface area contributed by atoms with Gasteiger partial charge in [0.05, 0.1) is 17.1 Å². The van der Waals surface area contributed by atoms with Crippen molar-refractivity contribution in [2.24, 2.45) is 0 Å². The lowest BCUT2D eigenvalue weighted by Crippen LogP contribution is -2.04. The number of nitrogens with zero attached hydrogens (tertiary/aromatic N) is 2. The molecule has 1 heterocycles. The van der Waals surface area contributed by atoms with Crippen LogP contribution in [0.1, 0.15) is 13.8 Å². The fourth-order valence-electron chi connectivity index (χ4n) is 1.66. The van der Waals surface area contributed by atoms with Crippen LogP contribution >= 0.6 is 11.8 Å². The molecule has 0 unspecified atom stereocenters. The lowest BCUT2D eigenvalue weighted by Gasteiger charge is -2.06. The van der Waals surface area contributed by atoms with Crippen molar-refractivity contribution < 1.29 is 5.11 Å². The van der Waals surface area contributed by atoms with Crippen LogP contribution in [0.3, 0.4) is 0 Å². The molecule has 0 radical (unpaired) electrons. The average molecular weight is 236 g/mol. The van der Waals surface area contributed by atoms with Gasteiger partial charge >= 0.3 is 0 Å². The quantitative estimate of drug-likeness (QED) is 0.829. The van der Waals surface area contributed by atoms with Gasteiger partial charge in [0.1, 0.15) is 0 Å². The van der Waals surface area contributed by atoms with Gasteiger partial charge in [0, 0.05) is 12.3 Å². The van der Waals surface area contributed by atoms with E-state index in [1.165, 1.54) is 0 Å². The Morgan fingerprint density at radius 3 is 2.88 bits per heavy atom. The minimum absolute atomic E-state index is 0.296. The van der Waals surface area contributed by atoms with Crippen molar-refractivity contribution in [1.29, 1.82) is 0 Å². The molecule has 0 aliphatic carbocycles. The number of hydrogen-bond donors (Lipinski definition) is 1. The van der Waals surface area contributed by atoms with E-state index in [9.17, 15) is 5.11 Å². The molecule has 1 aromatic carbocycles. The van der Waals surface area contributed by atoms with Gasteiger partial charge in [-0.25, -0.2) is 4.98 Å². The Bertz CT molecular complexity index is 479. The van der Waals surface area contributed by atoms with Crippen LogP contribution in [0, 0.1) is 0 Å². The number of para-hydroxylation sites is 2. The summed E-state index contributed by atoms with van der Waals surface area (Å²) in [5, 5.41) is 10.3. The molecule has 0 spiro atoms. The van der Waals surface area contributed by atoms with Crippen LogP contribution in [0.5, 0.6) is 0 Å². The van der Waals surface area contributed by atoms with Gasteiger partial charge in [-0.15, -0.1) is 0 Å². The van der Waals surface area contributed by atoms with Gasteiger partial charge in [-0.1, -0.05) is 23.9 Å². The molecule has 0 saturated heterocycles. The number of fused-ring (bicyclic) bond motifs is 1. The van der Waals surface area contributed by atoms with Crippen LogP contribution in [0.2, 0.25) is 0 Å². The zero-order valence-electron chi connectivity index (χ0n) is 9.55. The van der Waals surface area contributed by atoms with E-state index in [1.54, 1.807) is 18.7 Å². The SMILES string of the molecule is CCn1c(SC[C@H](C)O)nc2ccccc21. The molecule has 2 rings (SSSR count). The minimum atomic E-state index is -0.296. The third-order valence-corrected chi connectivity index (χ3v) is 3.61. The molecule has 1 N–H and O–H groups in total. The third kappa shape index (κ3) is 2.23. The molecular formula is C12H16N2OS. The van der Waals surface area contributed by atoms with E-state index in [0.29, 0.717) is 5.75 Å². The molecule has 4 heteroatoms. The lowest BCUT2D eigenvalue weighted by atomic mass is 10.3. The Hall–Kier alpha value is -1.00. The molecule has 1 atom stereocenters. The second kappa shape index (κ2) is 4.89. The van der Waals surface area contributed by atoms with E-state index >= 15 is 0 Å². The topological polar surface area (TPSA) is 38.0 Å². The zero-order valence-corrected chi connectivity index (χ0v) is 10.4. The molecule has 0 aliphatic heterocycles. The molecule has 3 nitrogen and oxygen atoms in total. The number of rotatable bonds is 4. The van der Waals surface area contributed by atoms with Crippen molar-refractivity contribution in [3.05, 3.63) is 24.3 Å². The van der Waals surface area contributed by atoms with Gasteiger partial charge in [-0.3, -0.25) is 0 Å². The van der Waals surface area contributed by atoms with Crippen LogP contribution in [0.25, 0.3) is 11.0 Å². The highest BCUT2D eigenvalue weighted by Crippen LogP contribution is 2.24. The first-order valence-electron chi connectivity index (χ1n) is 5.48. The number of aromatic nitrogens is 2. The van der Waals surface area contributed by atoms with Gasteiger partial charge < -0.3 is 9.67 Å². The highest BCUT2D eigenvalue weighted by Gasteiger charge is 2.09. The highest BCUT2D eigenvalue weighted by atomic mass is 32.2. The molecule has 0 saturated carbocycles. The maximum atomic E-state index is 9.29. The van der Waals surface area contributed by atoms with Crippen LogP contribution in [0.4, 0.5) is 0 Å². The first-order chi connectivity index (χ1) is 7.72. The smallest absolute Gasteiger partial charge is 0.169 e.